The molecule has 0 radical (unpaired) electrons. The second kappa shape index (κ2) is 4.85. The van der Waals surface area contributed by atoms with Crippen molar-refractivity contribution in [3.63, 3.8) is 0 Å². The van der Waals surface area contributed by atoms with Crippen molar-refractivity contribution in [2.24, 2.45) is 0 Å². The Morgan fingerprint density at radius 2 is 2.19 bits per heavy atom. The molecular weight excluding hydrogens is 224 g/mol. The van der Waals surface area contributed by atoms with Crippen LogP contribution in [0.25, 0.3) is 10.6 Å². The average Bonchev–Trinajstić information content (AvgIpc) is 2.80. The molecule has 0 fully saturated rings. The number of thiazole rings is 1. The fraction of sp³-hybridized carbons (Fsp3) is 0.182. The predicted molar refractivity (Wildman–Crippen MR) is 60.0 cm³/mol. The van der Waals surface area contributed by atoms with Gasteiger partial charge in [-0.2, -0.15) is 0 Å². The van der Waals surface area contributed by atoms with Crippen molar-refractivity contribution in [3.05, 3.63) is 36.1 Å². The van der Waals surface area contributed by atoms with Gasteiger partial charge in [0.1, 0.15) is 11.4 Å². The molecular formula is C11H11N2O2S+. The molecule has 16 heavy (non-hydrogen) atoms. The minimum Gasteiger partial charge on any atom is -0.481 e. The third-order valence-electron chi connectivity index (χ3n) is 2.15. The van der Waals surface area contributed by atoms with Gasteiger partial charge in [-0.15, -0.1) is 11.3 Å². The van der Waals surface area contributed by atoms with E-state index < -0.39 is 5.97 Å². The molecule has 0 aliphatic carbocycles. The third-order valence-corrected chi connectivity index (χ3v) is 2.98. The summed E-state index contributed by atoms with van der Waals surface area (Å²) in [7, 11) is 0. The molecule has 2 heterocycles. The highest BCUT2D eigenvalue weighted by Gasteiger charge is 2.06. The third kappa shape index (κ3) is 2.64. The van der Waals surface area contributed by atoms with Crippen molar-refractivity contribution in [2.75, 3.05) is 0 Å². The van der Waals surface area contributed by atoms with Crippen LogP contribution in [-0.2, 0) is 11.3 Å². The first-order valence-electron chi connectivity index (χ1n) is 4.86. The normalized spacial score (nSPS) is 10.2. The van der Waals surface area contributed by atoms with E-state index in [1.165, 1.54) is 0 Å². The number of carbonyl (C=O) groups is 1. The van der Waals surface area contributed by atoms with Crippen LogP contribution < -0.4 is 4.57 Å². The summed E-state index contributed by atoms with van der Waals surface area (Å²) in [6.45, 7) is 0.494. The number of carboxylic acids is 1. The van der Waals surface area contributed by atoms with Crippen LogP contribution in [0.15, 0.2) is 36.1 Å². The molecule has 4 nitrogen and oxygen atoms in total. The van der Waals surface area contributed by atoms with E-state index in [2.05, 4.69) is 4.98 Å². The van der Waals surface area contributed by atoms with Gasteiger partial charge in [-0.05, 0) is 0 Å². The van der Waals surface area contributed by atoms with Gasteiger partial charge in [0.25, 0.3) is 0 Å². The van der Waals surface area contributed by atoms with Crippen LogP contribution in [0.1, 0.15) is 6.42 Å². The van der Waals surface area contributed by atoms with Crippen molar-refractivity contribution in [2.45, 2.75) is 13.0 Å². The van der Waals surface area contributed by atoms with Crippen LogP contribution in [-0.4, -0.2) is 16.1 Å². The zero-order valence-electron chi connectivity index (χ0n) is 8.54. The summed E-state index contributed by atoms with van der Waals surface area (Å²) in [5.74, 6) is -0.781. The van der Waals surface area contributed by atoms with E-state index in [1.54, 1.807) is 17.5 Å². The maximum atomic E-state index is 10.4. The van der Waals surface area contributed by atoms with Gasteiger partial charge in [-0.3, -0.25) is 4.79 Å². The number of carboxylic acid groups (broad SMARTS) is 1. The highest BCUT2D eigenvalue weighted by molar-refractivity contribution is 7.13. The van der Waals surface area contributed by atoms with E-state index in [0.717, 1.165) is 10.6 Å². The van der Waals surface area contributed by atoms with Crippen molar-refractivity contribution < 1.29 is 14.5 Å². The Morgan fingerprint density at radius 3 is 2.75 bits per heavy atom. The zero-order valence-corrected chi connectivity index (χ0v) is 9.35. The van der Waals surface area contributed by atoms with Crippen LogP contribution in [0.5, 0.6) is 0 Å². The molecule has 0 saturated carbocycles. The molecule has 0 aliphatic rings. The van der Waals surface area contributed by atoms with Gasteiger partial charge >= 0.3 is 5.97 Å². The average molecular weight is 235 g/mol. The minimum atomic E-state index is -0.781. The van der Waals surface area contributed by atoms with E-state index in [9.17, 15) is 4.79 Å². The second-order valence-electron chi connectivity index (χ2n) is 3.31. The Kier molecular flexibility index (Phi) is 3.26. The van der Waals surface area contributed by atoms with Crippen LogP contribution >= 0.6 is 11.3 Å². The maximum absolute atomic E-state index is 10.4. The molecule has 0 spiro atoms. The Bertz CT molecular complexity index is 465. The highest BCUT2D eigenvalue weighted by Crippen LogP contribution is 2.19. The number of aryl methyl sites for hydroxylation is 1. The molecule has 0 saturated heterocycles. The number of hydrogen-bond donors (Lipinski definition) is 1. The highest BCUT2D eigenvalue weighted by atomic mass is 32.1. The molecule has 0 unspecified atom stereocenters. The van der Waals surface area contributed by atoms with Gasteiger partial charge in [0.15, 0.2) is 18.9 Å². The van der Waals surface area contributed by atoms with Gasteiger partial charge in [0, 0.05) is 29.3 Å². The molecule has 5 heteroatoms. The summed E-state index contributed by atoms with van der Waals surface area (Å²) in [5.41, 5.74) is 1.06. The smallest absolute Gasteiger partial charge is 0.309 e. The number of aromatic nitrogens is 2. The van der Waals surface area contributed by atoms with Crippen LogP contribution in [0.4, 0.5) is 0 Å². The number of aliphatic carboxylic acids is 1. The van der Waals surface area contributed by atoms with Gasteiger partial charge < -0.3 is 5.11 Å². The number of rotatable bonds is 4. The monoisotopic (exact) mass is 235 g/mol. The summed E-state index contributed by atoms with van der Waals surface area (Å²) in [4.78, 5) is 14.6. The maximum Gasteiger partial charge on any atom is 0.309 e. The van der Waals surface area contributed by atoms with E-state index in [-0.39, 0.29) is 6.42 Å². The van der Waals surface area contributed by atoms with Crippen molar-refractivity contribution in [1.29, 1.82) is 0 Å². The second-order valence-corrected chi connectivity index (χ2v) is 4.20. The molecule has 0 aliphatic heterocycles. The van der Waals surface area contributed by atoms with E-state index in [1.807, 2.05) is 34.5 Å². The predicted octanol–water partition coefficient (Wildman–Crippen LogP) is 1.57. The quantitative estimate of drug-likeness (QED) is 0.818. The van der Waals surface area contributed by atoms with Crippen molar-refractivity contribution >= 4 is 17.3 Å². The van der Waals surface area contributed by atoms with E-state index in [0.29, 0.717) is 6.54 Å². The summed E-state index contributed by atoms with van der Waals surface area (Å²) in [6.07, 6.45) is 5.66. The summed E-state index contributed by atoms with van der Waals surface area (Å²) >= 11 is 1.59. The Labute approximate surface area is 96.8 Å². The standard InChI is InChI=1S/C11H10N2O2S/c14-10(15)3-7-13-5-1-9(2-6-13)11-12-4-8-16-11/h1-2,4-6,8H,3,7H2/p+1. The topological polar surface area (TPSA) is 54.1 Å². The summed E-state index contributed by atoms with van der Waals surface area (Å²) in [5, 5.41) is 11.5. The SMILES string of the molecule is O=C(O)CC[n+]1ccc(-c2nccs2)cc1. The molecule has 2 aromatic heterocycles. The van der Waals surface area contributed by atoms with Gasteiger partial charge in [-0.1, -0.05) is 0 Å². The van der Waals surface area contributed by atoms with E-state index in [4.69, 9.17) is 5.11 Å². The Hall–Kier alpha value is -1.75. The number of pyridine rings is 1. The summed E-state index contributed by atoms with van der Waals surface area (Å²) in [6, 6.07) is 3.89. The largest absolute Gasteiger partial charge is 0.481 e. The molecule has 0 amide bonds. The lowest BCUT2D eigenvalue weighted by Crippen LogP contribution is -2.33. The lowest BCUT2D eigenvalue weighted by Gasteiger charge is -1.96. The molecule has 82 valence electrons. The van der Waals surface area contributed by atoms with Crippen molar-refractivity contribution in [3.8, 4) is 10.6 Å². The van der Waals surface area contributed by atoms with Crippen LogP contribution in [0, 0.1) is 0 Å². The molecule has 1 N–H and O–H groups in total. The first kappa shape index (κ1) is 10.8. The zero-order chi connectivity index (χ0) is 11.4. The number of hydrogen-bond acceptors (Lipinski definition) is 3. The minimum absolute atomic E-state index is 0.140. The fourth-order valence-corrected chi connectivity index (χ4v) is 1.98. The van der Waals surface area contributed by atoms with Crippen molar-refractivity contribution in [1.82, 2.24) is 4.98 Å². The Balaban J connectivity index is 2.08. The first-order chi connectivity index (χ1) is 7.75. The summed E-state index contributed by atoms with van der Waals surface area (Å²) < 4.78 is 1.85. The lowest BCUT2D eigenvalue weighted by atomic mass is 10.3. The molecule has 0 aromatic carbocycles. The molecule has 2 rings (SSSR count). The van der Waals surface area contributed by atoms with Crippen LogP contribution in [0.3, 0.4) is 0 Å². The van der Waals surface area contributed by atoms with Gasteiger partial charge in [0.05, 0.1) is 0 Å². The molecule has 0 atom stereocenters. The van der Waals surface area contributed by atoms with Gasteiger partial charge in [0.2, 0.25) is 0 Å². The van der Waals surface area contributed by atoms with E-state index >= 15 is 0 Å². The lowest BCUT2D eigenvalue weighted by molar-refractivity contribution is -0.695. The fourth-order valence-electron chi connectivity index (χ4n) is 1.34. The van der Waals surface area contributed by atoms with Gasteiger partial charge in [-0.25, -0.2) is 9.55 Å². The Morgan fingerprint density at radius 1 is 1.44 bits per heavy atom. The number of nitrogens with zero attached hydrogens (tertiary/aromatic N) is 2. The molecule has 2 aromatic rings. The molecule has 0 bridgehead atoms. The first-order valence-corrected chi connectivity index (χ1v) is 5.74. The van der Waals surface area contributed by atoms with Crippen LogP contribution in [0.2, 0.25) is 0 Å².